The summed E-state index contributed by atoms with van der Waals surface area (Å²) < 4.78 is 0. The van der Waals surface area contributed by atoms with Crippen molar-refractivity contribution < 1.29 is 19.5 Å². The Labute approximate surface area is 208 Å². The third-order valence-corrected chi connectivity index (χ3v) is 7.49. The summed E-state index contributed by atoms with van der Waals surface area (Å²) in [5.41, 5.74) is 2.87. The van der Waals surface area contributed by atoms with Crippen molar-refractivity contribution in [2.45, 2.75) is 96.3 Å². The molecule has 0 spiro atoms. The topological polar surface area (TPSA) is 83.5 Å². The maximum absolute atomic E-state index is 13.4. The van der Waals surface area contributed by atoms with E-state index in [9.17, 15) is 19.5 Å². The second-order valence-corrected chi connectivity index (χ2v) is 9.99. The van der Waals surface area contributed by atoms with Crippen molar-refractivity contribution in [1.82, 2.24) is 5.32 Å². The molecule has 4 rings (SSSR count). The van der Waals surface area contributed by atoms with E-state index >= 15 is 0 Å². The van der Waals surface area contributed by atoms with E-state index < -0.39 is 17.5 Å². The number of nitrogens with one attached hydrogen (secondary N) is 1. The molecule has 1 aromatic rings. The van der Waals surface area contributed by atoms with Crippen LogP contribution >= 0.6 is 0 Å². The lowest BCUT2D eigenvalue weighted by molar-refractivity contribution is -0.132. The van der Waals surface area contributed by atoms with Crippen LogP contribution in [0.1, 0.15) is 102 Å². The SMILES string of the molecule is CCCCCCCCCCCC1=C(O)C2=C(C(=O)C1=O)C(c1ccccc1)C1=C(CCCC1=O)N2. The molecule has 1 heterocycles. The van der Waals surface area contributed by atoms with Gasteiger partial charge in [0.05, 0.1) is 5.70 Å². The van der Waals surface area contributed by atoms with Crippen LogP contribution in [0.5, 0.6) is 0 Å². The molecule has 1 aliphatic heterocycles. The van der Waals surface area contributed by atoms with E-state index in [1.165, 1.54) is 38.5 Å². The summed E-state index contributed by atoms with van der Waals surface area (Å²) >= 11 is 0. The first kappa shape index (κ1) is 25.2. The summed E-state index contributed by atoms with van der Waals surface area (Å²) in [6, 6.07) is 9.37. The third kappa shape index (κ3) is 5.34. The van der Waals surface area contributed by atoms with E-state index in [0.29, 0.717) is 30.5 Å². The Hall–Kier alpha value is -2.95. The van der Waals surface area contributed by atoms with Crippen molar-refractivity contribution in [2.75, 3.05) is 0 Å². The number of Topliss-reactive ketones (excluding diaryl/α,β-unsaturated/α-hetero) is 3. The molecule has 1 atom stereocenters. The highest BCUT2D eigenvalue weighted by atomic mass is 16.3. The summed E-state index contributed by atoms with van der Waals surface area (Å²) in [5, 5.41) is 14.4. The van der Waals surface area contributed by atoms with Gasteiger partial charge in [0.1, 0.15) is 5.76 Å². The first-order chi connectivity index (χ1) is 17.0. The summed E-state index contributed by atoms with van der Waals surface area (Å²) in [5.74, 6) is -1.97. The molecule has 5 nitrogen and oxygen atoms in total. The van der Waals surface area contributed by atoms with Crippen molar-refractivity contribution in [1.29, 1.82) is 0 Å². The van der Waals surface area contributed by atoms with Crippen LogP contribution in [-0.4, -0.2) is 22.5 Å². The van der Waals surface area contributed by atoms with E-state index in [0.717, 1.165) is 36.9 Å². The van der Waals surface area contributed by atoms with Crippen LogP contribution in [0.4, 0.5) is 0 Å². The Morgan fingerprint density at radius 3 is 2.17 bits per heavy atom. The van der Waals surface area contributed by atoms with Gasteiger partial charge < -0.3 is 10.4 Å². The van der Waals surface area contributed by atoms with Crippen LogP contribution < -0.4 is 5.32 Å². The van der Waals surface area contributed by atoms with Crippen LogP contribution in [0, 0.1) is 0 Å². The monoisotopic (exact) mass is 475 g/mol. The molecule has 0 saturated carbocycles. The molecular formula is C30H37NO4. The Kier molecular flexibility index (Phi) is 8.37. The standard InChI is InChI=1S/C30H37NO4/c1-2-3-4-5-6-7-8-9-13-17-21-28(33)27-26(30(35)29(21)34)24(20-15-11-10-12-16-20)25-22(31-27)18-14-19-23(25)32/h10-12,15-16,24,31,33H,2-9,13-14,17-19H2,1H3. The Bertz CT molecular complexity index is 1080. The predicted octanol–water partition coefficient (Wildman–Crippen LogP) is 6.52. The van der Waals surface area contributed by atoms with Crippen LogP contribution in [0.2, 0.25) is 0 Å². The molecular weight excluding hydrogens is 438 g/mol. The van der Waals surface area contributed by atoms with Gasteiger partial charge in [0.15, 0.2) is 5.78 Å². The molecule has 0 fully saturated rings. The number of allylic oxidation sites excluding steroid dienone is 4. The largest absolute Gasteiger partial charge is 0.505 e. The van der Waals surface area contributed by atoms with Crippen LogP contribution in [0.25, 0.3) is 0 Å². The molecule has 0 bridgehead atoms. The van der Waals surface area contributed by atoms with Gasteiger partial charge in [0, 0.05) is 34.8 Å². The van der Waals surface area contributed by atoms with Gasteiger partial charge in [-0.3, -0.25) is 14.4 Å². The van der Waals surface area contributed by atoms with E-state index in [1.807, 2.05) is 30.3 Å². The molecule has 0 amide bonds. The number of aliphatic hydroxyl groups is 1. The fourth-order valence-corrected chi connectivity index (χ4v) is 5.61. The summed E-state index contributed by atoms with van der Waals surface area (Å²) in [6.07, 6.45) is 12.6. The van der Waals surface area contributed by atoms with Crippen molar-refractivity contribution in [3.8, 4) is 0 Å². The molecule has 5 heteroatoms. The molecule has 2 aliphatic carbocycles. The second kappa shape index (κ2) is 11.7. The zero-order valence-electron chi connectivity index (χ0n) is 20.8. The summed E-state index contributed by atoms with van der Waals surface area (Å²) in [7, 11) is 0. The van der Waals surface area contributed by atoms with Gasteiger partial charge in [-0.15, -0.1) is 0 Å². The number of benzene rings is 1. The minimum Gasteiger partial charge on any atom is -0.505 e. The number of hydrogen-bond acceptors (Lipinski definition) is 5. The van der Waals surface area contributed by atoms with Crippen molar-refractivity contribution in [3.63, 3.8) is 0 Å². The first-order valence-electron chi connectivity index (χ1n) is 13.4. The Balaban J connectivity index is 1.53. The lowest BCUT2D eigenvalue weighted by Gasteiger charge is -2.36. The van der Waals surface area contributed by atoms with Gasteiger partial charge >= 0.3 is 0 Å². The van der Waals surface area contributed by atoms with Crippen LogP contribution in [0.15, 0.2) is 64.2 Å². The molecule has 2 N–H and O–H groups in total. The number of carbonyl (C=O) groups excluding carboxylic acids is 3. The minimum atomic E-state index is -0.629. The maximum atomic E-state index is 13.4. The fourth-order valence-electron chi connectivity index (χ4n) is 5.61. The molecule has 1 unspecified atom stereocenters. The lowest BCUT2D eigenvalue weighted by atomic mass is 9.71. The van der Waals surface area contributed by atoms with E-state index in [4.69, 9.17) is 0 Å². The van der Waals surface area contributed by atoms with Gasteiger partial charge in [-0.25, -0.2) is 0 Å². The first-order valence-corrected chi connectivity index (χ1v) is 13.4. The van der Waals surface area contributed by atoms with Gasteiger partial charge in [-0.1, -0.05) is 88.6 Å². The number of ketones is 3. The van der Waals surface area contributed by atoms with Crippen molar-refractivity contribution in [3.05, 3.63) is 69.8 Å². The van der Waals surface area contributed by atoms with Crippen molar-refractivity contribution in [2.24, 2.45) is 0 Å². The number of dihydropyridines is 1. The Morgan fingerprint density at radius 2 is 1.49 bits per heavy atom. The highest BCUT2D eigenvalue weighted by Gasteiger charge is 2.45. The van der Waals surface area contributed by atoms with Gasteiger partial charge in [0.25, 0.3) is 0 Å². The molecule has 3 aliphatic rings. The lowest BCUT2D eigenvalue weighted by Crippen LogP contribution is -2.40. The number of unbranched alkanes of at least 4 members (excludes halogenated alkanes) is 8. The zero-order valence-corrected chi connectivity index (χ0v) is 20.8. The average molecular weight is 476 g/mol. The quantitative estimate of drug-likeness (QED) is 0.216. The Morgan fingerprint density at radius 1 is 0.829 bits per heavy atom. The molecule has 0 radical (unpaired) electrons. The molecule has 186 valence electrons. The average Bonchev–Trinajstić information content (AvgIpc) is 2.87. The number of hydrogen-bond donors (Lipinski definition) is 2. The smallest absolute Gasteiger partial charge is 0.233 e. The maximum Gasteiger partial charge on any atom is 0.233 e. The van der Waals surface area contributed by atoms with Crippen LogP contribution in [-0.2, 0) is 14.4 Å². The van der Waals surface area contributed by atoms with Gasteiger partial charge in [0.2, 0.25) is 11.6 Å². The third-order valence-electron chi connectivity index (χ3n) is 7.49. The number of rotatable bonds is 11. The number of aliphatic hydroxyl groups excluding tert-OH is 1. The fraction of sp³-hybridized carbons (Fsp3) is 0.500. The normalized spacial score (nSPS) is 20.3. The van der Waals surface area contributed by atoms with Crippen molar-refractivity contribution >= 4 is 17.3 Å². The highest BCUT2D eigenvalue weighted by molar-refractivity contribution is 6.50. The summed E-state index contributed by atoms with van der Waals surface area (Å²) in [4.78, 5) is 39.5. The van der Waals surface area contributed by atoms with Gasteiger partial charge in [-0.2, -0.15) is 0 Å². The van der Waals surface area contributed by atoms with E-state index in [2.05, 4.69) is 12.2 Å². The molecule has 35 heavy (non-hydrogen) atoms. The van der Waals surface area contributed by atoms with E-state index in [-0.39, 0.29) is 22.7 Å². The minimum absolute atomic E-state index is 0.00311. The number of carbonyl (C=O) groups is 3. The highest BCUT2D eigenvalue weighted by Crippen LogP contribution is 2.45. The zero-order chi connectivity index (χ0) is 24.8. The molecule has 1 aromatic carbocycles. The van der Waals surface area contributed by atoms with Gasteiger partial charge in [-0.05, 0) is 31.2 Å². The summed E-state index contributed by atoms with van der Waals surface area (Å²) in [6.45, 7) is 2.22. The second-order valence-electron chi connectivity index (χ2n) is 9.99. The van der Waals surface area contributed by atoms with E-state index in [1.54, 1.807) is 0 Å². The molecule has 0 saturated heterocycles. The van der Waals surface area contributed by atoms with Crippen LogP contribution in [0.3, 0.4) is 0 Å². The predicted molar refractivity (Wildman–Crippen MR) is 137 cm³/mol. The molecule has 0 aromatic heterocycles.